The lowest BCUT2D eigenvalue weighted by molar-refractivity contribution is 0.0694. The summed E-state index contributed by atoms with van der Waals surface area (Å²) in [5.74, 6) is -0.554. The lowest BCUT2D eigenvalue weighted by Gasteiger charge is -2.11. The number of rotatable bonds is 6. The van der Waals surface area contributed by atoms with Crippen molar-refractivity contribution in [2.24, 2.45) is 0 Å². The number of carboxylic acids is 1. The number of aryl methyl sites for hydroxylation is 1. The van der Waals surface area contributed by atoms with E-state index in [0.29, 0.717) is 23.3 Å². The normalized spacial score (nSPS) is 10.8. The fraction of sp³-hybridized carbons (Fsp3) is 0.375. The van der Waals surface area contributed by atoms with Gasteiger partial charge in [0.2, 0.25) is 0 Å². The van der Waals surface area contributed by atoms with Crippen LogP contribution in [0.2, 0.25) is 0 Å². The molecule has 0 spiro atoms. The number of aromatic nitrogens is 1. The zero-order chi connectivity index (χ0) is 15.4. The second-order valence-corrected chi connectivity index (χ2v) is 4.98. The first-order valence-electron chi connectivity index (χ1n) is 7.04. The highest BCUT2D eigenvalue weighted by molar-refractivity contribution is 5.96. The van der Waals surface area contributed by atoms with Crippen molar-refractivity contribution in [3.8, 4) is 5.75 Å². The van der Waals surface area contributed by atoms with Gasteiger partial charge in [-0.2, -0.15) is 0 Å². The summed E-state index contributed by atoms with van der Waals surface area (Å²) < 4.78 is 5.14. The van der Waals surface area contributed by atoms with Crippen LogP contribution in [0, 0.1) is 0 Å². The van der Waals surface area contributed by atoms with E-state index < -0.39 is 11.5 Å². The molecule has 0 atom stereocenters. The van der Waals surface area contributed by atoms with Crippen LogP contribution in [0.3, 0.4) is 0 Å². The molecule has 0 aliphatic carbocycles. The number of fused-ring (bicyclic) bond motifs is 1. The number of nitrogens with one attached hydrogen (secondary N) is 1. The third-order valence-corrected chi connectivity index (χ3v) is 3.57. The second kappa shape index (κ2) is 6.43. The highest BCUT2D eigenvalue weighted by Gasteiger charge is 2.18. The summed E-state index contributed by atoms with van der Waals surface area (Å²) >= 11 is 0. The van der Waals surface area contributed by atoms with Gasteiger partial charge in [-0.15, -0.1) is 0 Å². The summed E-state index contributed by atoms with van der Waals surface area (Å²) in [4.78, 5) is 26.1. The number of ether oxygens (including phenoxy) is 1. The summed E-state index contributed by atoms with van der Waals surface area (Å²) in [6.45, 7) is 2.08. The Hall–Kier alpha value is -2.30. The Morgan fingerprint density at radius 2 is 2.10 bits per heavy atom. The maximum atomic E-state index is 12.1. The Kier molecular flexibility index (Phi) is 4.62. The van der Waals surface area contributed by atoms with Gasteiger partial charge in [-0.25, -0.2) is 4.79 Å². The third-order valence-electron chi connectivity index (χ3n) is 3.57. The number of carboxylic acid groups (broad SMARTS) is 1. The predicted molar refractivity (Wildman–Crippen MR) is 81.3 cm³/mol. The zero-order valence-corrected chi connectivity index (χ0v) is 12.2. The number of aromatic carboxylic acids is 1. The lowest BCUT2D eigenvalue weighted by atomic mass is 9.97. The summed E-state index contributed by atoms with van der Waals surface area (Å²) in [6, 6.07) is 5.29. The molecule has 0 saturated carbocycles. The van der Waals surface area contributed by atoms with Crippen LogP contribution in [0.4, 0.5) is 0 Å². The van der Waals surface area contributed by atoms with Crippen molar-refractivity contribution in [1.82, 2.24) is 4.98 Å². The van der Waals surface area contributed by atoms with E-state index in [0.717, 1.165) is 24.6 Å². The average molecular weight is 289 g/mol. The smallest absolute Gasteiger partial charge is 0.341 e. The van der Waals surface area contributed by atoms with E-state index >= 15 is 0 Å². The van der Waals surface area contributed by atoms with Crippen molar-refractivity contribution >= 4 is 16.9 Å². The number of aromatic amines is 1. The number of pyridine rings is 1. The lowest BCUT2D eigenvalue weighted by Crippen LogP contribution is -2.21. The van der Waals surface area contributed by atoms with Crippen molar-refractivity contribution in [3.05, 3.63) is 39.7 Å². The van der Waals surface area contributed by atoms with E-state index in [1.807, 2.05) is 0 Å². The maximum absolute atomic E-state index is 12.1. The van der Waals surface area contributed by atoms with Crippen LogP contribution in [-0.4, -0.2) is 23.2 Å². The largest absolute Gasteiger partial charge is 0.497 e. The molecule has 5 heteroatoms. The average Bonchev–Trinajstić information content (AvgIpc) is 2.46. The molecule has 0 aliphatic rings. The van der Waals surface area contributed by atoms with Gasteiger partial charge < -0.3 is 14.8 Å². The number of carbonyl (C=O) groups is 1. The SMILES string of the molecule is CCCCCc1c(C(=O)O)c(=O)[nH]c2cc(OC)ccc12. The molecule has 0 fully saturated rings. The molecule has 112 valence electrons. The molecule has 2 rings (SSSR count). The van der Waals surface area contributed by atoms with Gasteiger partial charge in [0.25, 0.3) is 5.56 Å². The molecule has 0 bridgehead atoms. The Morgan fingerprint density at radius 3 is 2.71 bits per heavy atom. The molecule has 1 aromatic carbocycles. The van der Waals surface area contributed by atoms with Crippen LogP contribution in [0.5, 0.6) is 5.75 Å². The molecule has 1 aromatic heterocycles. The predicted octanol–water partition coefficient (Wildman–Crippen LogP) is 2.97. The Bertz CT molecular complexity index is 718. The first-order valence-corrected chi connectivity index (χ1v) is 7.04. The van der Waals surface area contributed by atoms with Gasteiger partial charge in [0.1, 0.15) is 11.3 Å². The maximum Gasteiger partial charge on any atom is 0.341 e. The van der Waals surface area contributed by atoms with Crippen LogP contribution in [0.25, 0.3) is 10.9 Å². The van der Waals surface area contributed by atoms with Gasteiger partial charge in [0.15, 0.2) is 0 Å². The molecular formula is C16H19NO4. The molecule has 5 nitrogen and oxygen atoms in total. The van der Waals surface area contributed by atoms with E-state index in [2.05, 4.69) is 11.9 Å². The monoisotopic (exact) mass is 289 g/mol. The van der Waals surface area contributed by atoms with Crippen LogP contribution in [0.15, 0.2) is 23.0 Å². The van der Waals surface area contributed by atoms with Crippen molar-refractivity contribution < 1.29 is 14.6 Å². The minimum atomic E-state index is -1.18. The summed E-state index contributed by atoms with van der Waals surface area (Å²) in [6.07, 6.45) is 3.49. The molecule has 0 saturated heterocycles. The Morgan fingerprint density at radius 1 is 1.33 bits per heavy atom. The van der Waals surface area contributed by atoms with Crippen LogP contribution < -0.4 is 10.3 Å². The minimum absolute atomic E-state index is 0.149. The summed E-state index contributed by atoms with van der Waals surface area (Å²) in [5.41, 5.74) is 0.506. The van der Waals surface area contributed by atoms with Crippen LogP contribution in [0.1, 0.15) is 42.1 Å². The number of hydrogen-bond acceptors (Lipinski definition) is 3. The highest BCUT2D eigenvalue weighted by atomic mass is 16.5. The van der Waals surface area contributed by atoms with Crippen molar-refractivity contribution in [2.45, 2.75) is 32.6 Å². The summed E-state index contributed by atoms with van der Waals surface area (Å²) in [7, 11) is 1.55. The van der Waals surface area contributed by atoms with Crippen molar-refractivity contribution in [3.63, 3.8) is 0 Å². The number of unbranched alkanes of at least 4 members (excludes halogenated alkanes) is 2. The molecule has 0 amide bonds. The first-order chi connectivity index (χ1) is 10.1. The Balaban J connectivity index is 2.65. The quantitative estimate of drug-likeness (QED) is 0.801. The van der Waals surface area contributed by atoms with Crippen molar-refractivity contribution in [1.29, 1.82) is 0 Å². The van der Waals surface area contributed by atoms with Gasteiger partial charge in [0.05, 0.1) is 12.6 Å². The standard InChI is InChI=1S/C16H19NO4/c1-3-4-5-6-12-11-8-7-10(21-2)9-13(11)17-15(18)14(12)16(19)20/h7-9H,3-6H2,1-2H3,(H,17,18)(H,19,20). The molecular weight excluding hydrogens is 270 g/mol. The van der Waals surface area contributed by atoms with Gasteiger partial charge >= 0.3 is 5.97 Å². The fourth-order valence-electron chi connectivity index (χ4n) is 2.51. The van der Waals surface area contributed by atoms with Crippen LogP contribution in [-0.2, 0) is 6.42 Å². The van der Waals surface area contributed by atoms with E-state index in [1.165, 1.54) is 0 Å². The molecule has 1 heterocycles. The van der Waals surface area contributed by atoms with Gasteiger partial charge in [0, 0.05) is 11.5 Å². The van der Waals surface area contributed by atoms with Crippen LogP contribution >= 0.6 is 0 Å². The number of benzene rings is 1. The zero-order valence-electron chi connectivity index (χ0n) is 12.2. The van der Waals surface area contributed by atoms with E-state index in [4.69, 9.17) is 4.74 Å². The molecule has 0 unspecified atom stereocenters. The topological polar surface area (TPSA) is 79.4 Å². The number of H-pyrrole nitrogens is 1. The van der Waals surface area contributed by atoms with Gasteiger partial charge in [-0.05, 0) is 30.5 Å². The number of hydrogen-bond donors (Lipinski definition) is 2. The molecule has 0 radical (unpaired) electrons. The molecule has 2 N–H and O–H groups in total. The first kappa shape index (κ1) is 15.1. The highest BCUT2D eigenvalue weighted by Crippen LogP contribution is 2.24. The molecule has 0 aliphatic heterocycles. The molecule has 2 aromatic rings. The minimum Gasteiger partial charge on any atom is -0.497 e. The third kappa shape index (κ3) is 3.07. The fourth-order valence-corrected chi connectivity index (χ4v) is 2.51. The summed E-state index contributed by atoms with van der Waals surface area (Å²) in [5, 5.41) is 10.1. The van der Waals surface area contributed by atoms with Crippen molar-refractivity contribution in [2.75, 3.05) is 7.11 Å². The van der Waals surface area contributed by atoms with E-state index in [1.54, 1.807) is 25.3 Å². The van der Waals surface area contributed by atoms with Gasteiger partial charge in [-0.3, -0.25) is 4.79 Å². The second-order valence-electron chi connectivity index (χ2n) is 4.98. The van der Waals surface area contributed by atoms with E-state index in [-0.39, 0.29) is 5.56 Å². The number of methoxy groups -OCH3 is 1. The van der Waals surface area contributed by atoms with Gasteiger partial charge in [-0.1, -0.05) is 19.8 Å². The van der Waals surface area contributed by atoms with E-state index in [9.17, 15) is 14.7 Å². The molecule has 21 heavy (non-hydrogen) atoms. The Labute approximate surface area is 122 Å².